The van der Waals surface area contributed by atoms with E-state index in [1.54, 1.807) is 0 Å². The summed E-state index contributed by atoms with van der Waals surface area (Å²) in [5, 5.41) is 0. The third-order valence-electron chi connectivity index (χ3n) is 3.50. The molecule has 1 aliphatic rings. The third-order valence-corrected chi connectivity index (χ3v) is 3.50. The van der Waals surface area contributed by atoms with Crippen LogP contribution in [0.1, 0.15) is 32.6 Å². The first-order chi connectivity index (χ1) is 7.98. The summed E-state index contributed by atoms with van der Waals surface area (Å²) < 4.78 is 4.71. The van der Waals surface area contributed by atoms with Gasteiger partial charge in [0, 0.05) is 19.3 Å². The minimum atomic E-state index is -1.34. The monoisotopic (exact) mass is 236 g/mol. The number of hydrogen-bond acceptors (Lipinski definition) is 4. The van der Waals surface area contributed by atoms with Gasteiger partial charge in [-0.2, -0.15) is 0 Å². The number of rotatable bonds is 4. The van der Waals surface area contributed by atoms with E-state index < -0.39 is 11.4 Å². The van der Waals surface area contributed by atoms with Gasteiger partial charge in [0.1, 0.15) is 17.0 Å². The quantitative estimate of drug-likeness (QED) is 0.417. The van der Waals surface area contributed by atoms with Crippen LogP contribution in [0.25, 0.3) is 0 Å². The van der Waals surface area contributed by atoms with Gasteiger partial charge < -0.3 is 4.74 Å². The van der Waals surface area contributed by atoms with E-state index in [0.29, 0.717) is 12.8 Å². The maximum atomic E-state index is 11.9. The first-order valence-corrected chi connectivity index (χ1v) is 5.53. The molecule has 0 radical (unpaired) electrons. The van der Waals surface area contributed by atoms with E-state index in [9.17, 15) is 14.4 Å². The Hall–Kier alpha value is -1.63. The summed E-state index contributed by atoms with van der Waals surface area (Å²) in [6.07, 6.45) is 6.40. The zero-order chi connectivity index (χ0) is 13.1. The molecule has 0 heterocycles. The number of Topliss-reactive ketones (excluding diaryl/α,β-unsaturated/α-hetero) is 2. The summed E-state index contributed by atoms with van der Waals surface area (Å²) >= 11 is 0. The highest BCUT2D eigenvalue weighted by Gasteiger charge is 2.52. The molecule has 0 aromatic rings. The first-order valence-electron chi connectivity index (χ1n) is 5.53. The molecule has 4 heteroatoms. The average molecular weight is 236 g/mol. The number of terminal acetylenes is 1. The second-order valence-electron chi connectivity index (χ2n) is 4.38. The van der Waals surface area contributed by atoms with Gasteiger partial charge in [-0.15, -0.1) is 12.3 Å². The number of hydrogen-bond donors (Lipinski definition) is 0. The van der Waals surface area contributed by atoms with Gasteiger partial charge in [0.05, 0.1) is 7.11 Å². The zero-order valence-corrected chi connectivity index (χ0v) is 10.1. The van der Waals surface area contributed by atoms with Gasteiger partial charge in [-0.3, -0.25) is 14.4 Å². The van der Waals surface area contributed by atoms with Gasteiger partial charge in [-0.05, 0) is 19.3 Å². The van der Waals surface area contributed by atoms with Crippen molar-refractivity contribution in [2.24, 2.45) is 11.3 Å². The van der Waals surface area contributed by atoms with Gasteiger partial charge >= 0.3 is 5.97 Å². The van der Waals surface area contributed by atoms with Crippen molar-refractivity contribution in [3.8, 4) is 12.3 Å². The van der Waals surface area contributed by atoms with Crippen molar-refractivity contribution in [3.63, 3.8) is 0 Å². The van der Waals surface area contributed by atoms with Crippen LogP contribution in [0.2, 0.25) is 0 Å². The number of carbonyl (C=O) groups is 3. The Morgan fingerprint density at radius 2 is 2.24 bits per heavy atom. The van der Waals surface area contributed by atoms with Crippen molar-refractivity contribution in [1.82, 2.24) is 0 Å². The van der Waals surface area contributed by atoms with Crippen LogP contribution >= 0.6 is 0 Å². The molecule has 0 aromatic carbocycles. The molecule has 0 aliphatic heterocycles. The fourth-order valence-corrected chi connectivity index (χ4v) is 2.52. The van der Waals surface area contributed by atoms with Crippen molar-refractivity contribution in [2.75, 3.05) is 7.11 Å². The number of ether oxygens (including phenoxy) is 1. The van der Waals surface area contributed by atoms with E-state index in [0.717, 1.165) is 0 Å². The summed E-state index contributed by atoms with van der Waals surface area (Å²) in [7, 11) is 1.23. The maximum absolute atomic E-state index is 11.9. The normalized spacial score (nSPS) is 22.6. The molecule has 0 saturated heterocycles. The summed E-state index contributed by atoms with van der Waals surface area (Å²) in [5.41, 5.74) is -1.34. The van der Waals surface area contributed by atoms with Crippen LogP contribution in [-0.2, 0) is 19.1 Å². The molecule has 4 nitrogen and oxygen atoms in total. The fourth-order valence-electron chi connectivity index (χ4n) is 2.52. The lowest BCUT2D eigenvalue weighted by Gasteiger charge is -2.31. The zero-order valence-electron chi connectivity index (χ0n) is 10.1. The standard InChI is InChI=1S/C13H16O4/c1-4-7-13(9(2)14,12(16)17-3)10-5-6-11(15)8-10/h1,10H,5-8H2,2-3H3/t10-,13+/m1/s1. The van der Waals surface area contributed by atoms with E-state index >= 15 is 0 Å². The Bertz CT molecular complexity index is 391. The number of esters is 1. The lowest BCUT2D eigenvalue weighted by atomic mass is 9.69. The molecule has 17 heavy (non-hydrogen) atoms. The fraction of sp³-hybridized carbons (Fsp3) is 0.615. The average Bonchev–Trinajstić information content (AvgIpc) is 2.71. The Kier molecular flexibility index (Phi) is 4.06. The Balaban J connectivity index is 3.15. The van der Waals surface area contributed by atoms with Gasteiger partial charge in [0.15, 0.2) is 0 Å². The number of ketones is 2. The smallest absolute Gasteiger partial charge is 0.320 e. The van der Waals surface area contributed by atoms with Crippen molar-refractivity contribution in [3.05, 3.63) is 0 Å². The highest BCUT2D eigenvalue weighted by atomic mass is 16.5. The molecule has 92 valence electrons. The van der Waals surface area contributed by atoms with Gasteiger partial charge in [0.2, 0.25) is 0 Å². The van der Waals surface area contributed by atoms with Crippen LogP contribution in [0.4, 0.5) is 0 Å². The molecule has 0 spiro atoms. The van der Waals surface area contributed by atoms with Crippen molar-refractivity contribution < 1.29 is 19.1 Å². The minimum absolute atomic E-state index is 0.00699. The van der Waals surface area contributed by atoms with E-state index in [-0.39, 0.29) is 30.3 Å². The van der Waals surface area contributed by atoms with Crippen molar-refractivity contribution >= 4 is 17.5 Å². The minimum Gasteiger partial charge on any atom is -0.468 e. The first kappa shape index (κ1) is 13.4. The number of methoxy groups -OCH3 is 1. The molecular weight excluding hydrogens is 220 g/mol. The Labute approximate surface area is 101 Å². The molecule has 1 saturated carbocycles. The second-order valence-corrected chi connectivity index (χ2v) is 4.38. The molecule has 0 bridgehead atoms. The molecular formula is C13H16O4. The Morgan fingerprint density at radius 1 is 1.59 bits per heavy atom. The SMILES string of the molecule is C#CC[C@@](C(C)=O)(C(=O)OC)[C@@H]1CCC(=O)C1. The molecule has 0 unspecified atom stereocenters. The topological polar surface area (TPSA) is 60.4 Å². The molecule has 2 atom stereocenters. The Morgan fingerprint density at radius 3 is 2.59 bits per heavy atom. The summed E-state index contributed by atoms with van der Waals surface area (Å²) in [6, 6.07) is 0. The second kappa shape index (κ2) is 5.13. The van der Waals surface area contributed by atoms with Gasteiger partial charge in [0.25, 0.3) is 0 Å². The molecule has 0 N–H and O–H groups in total. The van der Waals surface area contributed by atoms with E-state index in [4.69, 9.17) is 11.2 Å². The van der Waals surface area contributed by atoms with Crippen molar-refractivity contribution in [2.45, 2.75) is 32.6 Å². The molecule has 1 fully saturated rings. The van der Waals surface area contributed by atoms with Crippen LogP contribution < -0.4 is 0 Å². The summed E-state index contributed by atoms with van der Waals surface area (Å²) in [4.78, 5) is 35.1. The van der Waals surface area contributed by atoms with E-state index in [1.807, 2.05) is 0 Å². The lowest BCUT2D eigenvalue weighted by Crippen LogP contribution is -2.44. The molecule has 0 aromatic heterocycles. The summed E-state index contributed by atoms with van der Waals surface area (Å²) in [6.45, 7) is 1.33. The lowest BCUT2D eigenvalue weighted by molar-refractivity contribution is -0.161. The van der Waals surface area contributed by atoms with Gasteiger partial charge in [-0.1, -0.05) is 0 Å². The van der Waals surface area contributed by atoms with Gasteiger partial charge in [-0.25, -0.2) is 0 Å². The van der Waals surface area contributed by atoms with Crippen LogP contribution in [0.3, 0.4) is 0 Å². The molecule has 1 rings (SSSR count). The van der Waals surface area contributed by atoms with Crippen LogP contribution in [0, 0.1) is 23.7 Å². The summed E-state index contributed by atoms with van der Waals surface area (Å²) in [5.74, 6) is 1.17. The predicted octanol–water partition coefficient (Wildman–Crippen LogP) is 1.13. The van der Waals surface area contributed by atoms with Crippen molar-refractivity contribution in [1.29, 1.82) is 0 Å². The van der Waals surface area contributed by atoms with Crippen LogP contribution in [0.5, 0.6) is 0 Å². The third kappa shape index (κ3) is 2.23. The molecule has 0 amide bonds. The van der Waals surface area contributed by atoms with E-state index in [2.05, 4.69) is 5.92 Å². The molecule has 1 aliphatic carbocycles. The van der Waals surface area contributed by atoms with Crippen LogP contribution in [0.15, 0.2) is 0 Å². The number of carbonyl (C=O) groups excluding carboxylic acids is 3. The highest BCUT2D eigenvalue weighted by Crippen LogP contribution is 2.42. The van der Waals surface area contributed by atoms with E-state index in [1.165, 1.54) is 14.0 Å². The van der Waals surface area contributed by atoms with Crippen LogP contribution in [-0.4, -0.2) is 24.6 Å². The highest BCUT2D eigenvalue weighted by molar-refractivity contribution is 6.04. The maximum Gasteiger partial charge on any atom is 0.320 e. The predicted molar refractivity (Wildman–Crippen MR) is 60.9 cm³/mol. The largest absolute Gasteiger partial charge is 0.468 e.